The molecule has 4 aromatic rings. The number of halogens is 3. The molecule has 34 heavy (non-hydrogen) atoms. The summed E-state index contributed by atoms with van der Waals surface area (Å²) in [6, 6.07) is 21.3. The van der Waals surface area contributed by atoms with Crippen LogP contribution in [0.15, 0.2) is 78.9 Å². The van der Waals surface area contributed by atoms with Crippen LogP contribution in [0.3, 0.4) is 0 Å². The van der Waals surface area contributed by atoms with E-state index in [-0.39, 0.29) is 29.3 Å². The van der Waals surface area contributed by atoms with Crippen molar-refractivity contribution >= 4 is 12.2 Å². The van der Waals surface area contributed by atoms with E-state index in [9.17, 15) is 18.3 Å². The van der Waals surface area contributed by atoms with Crippen molar-refractivity contribution in [3.63, 3.8) is 0 Å². The van der Waals surface area contributed by atoms with Gasteiger partial charge >= 0.3 is 0 Å². The Morgan fingerprint density at radius 1 is 0.735 bits per heavy atom. The first-order valence-electron chi connectivity index (χ1n) is 10.9. The second-order valence-corrected chi connectivity index (χ2v) is 7.78. The van der Waals surface area contributed by atoms with Crippen molar-refractivity contribution in [2.75, 3.05) is 6.61 Å². The topological polar surface area (TPSA) is 29.5 Å². The lowest BCUT2D eigenvalue weighted by atomic mass is 10.0. The van der Waals surface area contributed by atoms with Crippen LogP contribution in [0.1, 0.15) is 23.6 Å². The number of phenols is 1. The quantitative estimate of drug-likeness (QED) is 0.285. The number of phenolic OH excluding ortho intramolecular Hbond substituents is 1. The first-order valence-corrected chi connectivity index (χ1v) is 10.9. The summed E-state index contributed by atoms with van der Waals surface area (Å²) < 4.78 is 48.8. The maximum absolute atomic E-state index is 14.6. The van der Waals surface area contributed by atoms with Crippen LogP contribution in [0.5, 0.6) is 5.75 Å². The molecule has 0 spiro atoms. The zero-order valence-corrected chi connectivity index (χ0v) is 18.6. The van der Waals surface area contributed by atoms with Gasteiger partial charge in [0.2, 0.25) is 0 Å². The molecule has 0 fully saturated rings. The summed E-state index contributed by atoms with van der Waals surface area (Å²) in [4.78, 5) is 0. The summed E-state index contributed by atoms with van der Waals surface area (Å²) in [5.41, 5.74) is 3.60. The van der Waals surface area contributed by atoms with E-state index in [1.54, 1.807) is 12.1 Å². The van der Waals surface area contributed by atoms with Crippen LogP contribution in [-0.2, 0) is 11.3 Å². The fraction of sp³-hybridized carbons (Fsp3) is 0.103. The maximum Gasteiger partial charge on any atom is 0.167 e. The second-order valence-electron chi connectivity index (χ2n) is 7.78. The Labute approximate surface area is 196 Å². The van der Waals surface area contributed by atoms with Crippen LogP contribution in [-0.4, -0.2) is 11.7 Å². The molecule has 0 saturated carbocycles. The molecule has 1 N–H and O–H groups in total. The van der Waals surface area contributed by atoms with Crippen molar-refractivity contribution in [1.82, 2.24) is 0 Å². The van der Waals surface area contributed by atoms with Gasteiger partial charge < -0.3 is 9.84 Å². The largest absolute Gasteiger partial charge is 0.508 e. The van der Waals surface area contributed by atoms with Crippen molar-refractivity contribution < 1.29 is 23.0 Å². The smallest absolute Gasteiger partial charge is 0.167 e. The Kier molecular flexibility index (Phi) is 7.14. The summed E-state index contributed by atoms with van der Waals surface area (Å²) in [5.74, 6) is -2.15. The van der Waals surface area contributed by atoms with Crippen molar-refractivity contribution in [3.8, 4) is 28.0 Å². The highest BCUT2D eigenvalue weighted by Crippen LogP contribution is 2.29. The van der Waals surface area contributed by atoms with E-state index in [0.29, 0.717) is 17.7 Å². The monoisotopic (exact) mass is 460 g/mol. The fourth-order valence-corrected chi connectivity index (χ4v) is 3.59. The Bertz CT molecular complexity index is 1310. The average molecular weight is 460 g/mol. The predicted molar refractivity (Wildman–Crippen MR) is 130 cm³/mol. The molecule has 0 atom stereocenters. The van der Waals surface area contributed by atoms with Gasteiger partial charge in [-0.3, -0.25) is 0 Å². The molecule has 0 heterocycles. The predicted octanol–water partition coefficient (Wildman–Crippen LogP) is 7.85. The van der Waals surface area contributed by atoms with Gasteiger partial charge in [0.25, 0.3) is 0 Å². The van der Waals surface area contributed by atoms with E-state index in [0.717, 1.165) is 16.7 Å². The summed E-state index contributed by atoms with van der Waals surface area (Å²) in [6.07, 6.45) is 3.20. The van der Waals surface area contributed by atoms with Crippen molar-refractivity contribution in [1.29, 1.82) is 0 Å². The molecular formula is C29H23F3O2. The molecule has 0 bridgehead atoms. The van der Waals surface area contributed by atoms with E-state index in [2.05, 4.69) is 0 Å². The third kappa shape index (κ3) is 5.21. The Balaban J connectivity index is 1.51. The molecule has 0 aliphatic heterocycles. The van der Waals surface area contributed by atoms with E-state index >= 15 is 0 Å². The van der Waals surface area contributed by atoms with Crippen LogP contribution in [0, 0.1) is 17.5 Å². The molecule has 5 heteroatoms. The standard InChI is InChI=1S/C29H23F3O2/c1-2-34-18-24-10-9-23(17-27(24)30)20-6-3-19(4-7-20)5-8-22-13-16-26(29(32)28(22)31)21-11-14-25(33)15-12-21/h3-17,33H,2,18H2,1H3/b8-5+. The molecule has 0 aromatic heterocycles. The summed E-state index contributed by atoms with van der Waals surface area (Å²) in [7, 11) is 0. The number of rotatable bonds is 7. The fourth-order valence-electron chi connectivity index (χ4n) is 3.59. The minimum absolute atomic E-state index is 0.0546. The SMILES string of the molecule is CCOCc1ccc(-c2ccc(/C=C/c3ccc(-c4ccc(O)cc4)c(F)c3F)cc2)cc1F. The Hall–Kier alpha value is -3.83. The zero-order chi connectivity index (χ0) is 24.1. The highest BCUT2D eigenvalue weighted by Gasteiger charge is 2.13. The van der Waals surface area contributed by atoms with E-state index < -0.39 is 11.6 Å². The van der Waals surface area contributed by atoms with Gasteiger partial charge in [-0.1, -0.05) is 72.8 Å². The van der Waals surface area contributed by atoms with Gasteiger partial charge in [-0.2, -0.15) is 0 Å². The summed E-state index contributed by atoms with van der Waals surface area (Å²) >= 11 is 0. The van der Waals surface area contributed by atoms with Gasteiger partial charge in [-0.15, -0.1) is 0 Å². The minimum Gasteiger partial charge on any atom is -0.508 e. The van der Waals surface area contributed by atoms with Crippen molar-refractivity contribution in [2.45, 2.75) is 13.5 Å². The first kappa shape index (κ1) is 23.3. The van der Waals surface area contributed by atoms with Crippen LogP contribution in [0.2, 0.25) is 0 Å². The normalized spacial score (nSPS) is 11.3. The lowest BCUT2D eigenvalue weighted by Crippen LogP contribution is -1.95. The van der Waals surface area contributed by atoms with Gasteiger partial charge in [0.1, 0.15) is 11.6 Å². The Morgan fingerprint density at radius 3 is 2.09 bits per heavy atom. The number of benzene rings is 4. The van der Waals surface area contributed by atoms with Crippen molar-refractivity contribution in [3.05, 3.63) is 113 Å². The minimum atomic E-state index is -0.946. The number of aromatic hydroxyl groups is 1. The van der Waals surface area contributed by atoms with Gasteiger partial charge in [0.15, 0.2) is 11.6 Å². The molecule has 2 nitrogen and oxygen atoms in total. The molecule has 0 radical (unpaired) electrons. The van der Waals surface area contributed by atoms with Crippen LogP contribution in [0.4, 0.5) is 13.2 Å². The lowest BCUT2D eigenvalue weighted by Gasteiger charge is -2.08. The van der Waals surface area contributed by atoms with Gasteiger partial charge in [-0.05, 0) is 47.4 Å². The Morgan fingerprint density at radius 2 is 1.41 bits per heavy atom. The van der Waals surface area contributed by atoms with Crippen LogP contribution < -0.4 is 0 Å². The van der Waals surface area contributed by atoms with Gasteiger partial charge in [0.05, 0.1) is 6.61 Å². The van der Waals surface area contributed by atoms with E-state index in [1.165, 1.54) is 48.5 Å². The maximum atomic E-state index is 14.6. The van der Waals surface area contributed by atoms with Crippen LogP contribution in [0.25, 0.3) is 34.4 Å². The van der Waals surface area contributed by atoms with Gasteiger partial charge in [0, 0.05) is 23.3 Å². The number of hydrogen-bond acceptors (Lipinski definition) is 2. The molecule has 0 amide bonds. The third-order valence-electron chi connectivity index (χ3n) is 5.50. The molecule has 0 unspecified atom stereocenters. The molecule has 4 rings (SSSR count). The highest BCUT2D eigenvalue weighted by molar-refractivity contribution is 5.74. The van der Waals surface area contributed by atoms with Crippen LogP contribution >= 0.6 is 0 Å². The molecule has 4 aromatic carbocycles. The lowest BCUT2D eigenvalue weighted by molar-refractivity contribution is 0.131. The summed E-state index contributed by atoms with van der Waals surface area (Å²) in [5, 5.41) is 9.38. The molecule has 0 saturated heterocycles. The second kappa shape index (κ2) is 10.4. The molecule has 0 aliphatic rings. The van der Waals surface area contributed by atoms with E-state index in [4.69, 9.17) is 4.74 Å². The van der Waals surface area contributed by atoms with Crippen molar-refractivity contribution in [2.24, 2.45) is 0 Å². The first-order chi connectivity index (χ1) is 16.5. The summed E-state index contributed by atoms with van der Waals surface area (Å²) in [6.45, 7) is 2.62. The van der Waals surface area contributed by atoms with E-state index in [1.807, 2.05) is 37.3 Å². The molecule has 172 valence electrons. The zero-order valence-electron chi connectivity index (χ0n) is 18.6. The average Bonchev–Trinajstić information content (AvgIpc) is 2.85. The third-order valence-corrected chi connectivity index (χ3v) is 5.50. The molecular weight excluding hydrogens is 437 g/mol. The molecule has 0 aliphatic carbocycles. The van der Waals surface area contributed by atoms with Gasteiger partial charge in [-0.25, -0.2) is 13.2 Å². The number of hydrogen-bond donors (Lipinski definition) is 1. The highest BCUT2D eigenvalue weighted by atomic mass is 19.2. The number of ether oxygens (including phenoxy) is 1.